The van der Waals surface area contributed by atoms with Gasteiger partial charge in [0.1, 0.15) is 11.8 Å². The molecule has 0 radical (unpaired) electrons. The molecule has 0 saturated carbocycles. The number of hydrogen-bond acceptors (Lipinski definition) is 4. The van der Waals surface area contributed by atoms with E-state index in [1.54, 1.807) is 0 Å². The lowest BCUT2D eigenvalue weighted by Crippen LogP contribution is -2.50. The van der Waals surface area contributed by atoms with Gasteiger partial charge in [-0.2, -0.15) is 0 Å². The lowest BCUT2D eigenvalue weighted by Gasteiger charge is -2.17. The van der Waals surface area contributed by atoms with E-state index < -0.39 is 18.1 Å². The molecule has 0 aromatic heterocycles. The van der Waals surface area contributed by atoms with Crippen LogP contribution in [-0.4, -0.2) is 35.7 Å². The Hall–Kier alpha value is -1.79. The summed E-state index contributed by atoms with van der Waals surface area (Å²) >= 11 is 6.12. The van der Waals surface area contributed by atoms with Crippen LogP contribution in [0.1, 0.15) is 43.7 Å². The van der Waals surface area contributed by atoms with Crippen LogP contribution in [0, 0.1) is 13.8 Å². The Balaban J connectivity index is 2.24. The highest BCUT2D eigenvalue weighted by Crippen LogP contribution is 2.25. The molecule has 1 aromatic rings. The molecule has 0 aliphatic rings. The van der Waals surface area contributed by atoms with Crippen molar-refractivity contribution >= 4 is 23.4 Å². The van der Waals surface area contributed by atoms with Gasteiger partial charge in [-0.25, -0.2) is 0 Å². The van der Waals surface area contributed by atoms with E-state index in [1.165, 1.54) is 6.92 Å². The van der Waals surface area contributed by atoms with Gasteiger partial charge in [0.25, 0.3) is 0 Å². The number of nitrogens with two attached hydrogens (primary N) is 1. The van der Waals surface area contributed by atoms with Crippen molar-refractivity contribution in [2.45, 2.75) is 58.6 Å². The summed E-state index contributed by atoms with van der Waals surface area (Å²) in [6.07, 6.45) is 1.55. The minimum absolute atomic E-state index is 0.273. The van der Waals surface area contributed by atoms with E-state index in [9.17, 15) is 14.7 Å². The van der Waals surface area contributed by atoms with E-state index in [0.717, 1.165) is 34.7 Å². The van der Waals surface area contributed by atoms with Crippen LogP contribution in [0.15, 0.2) is 12.1 Å². The Kier molecular flexibility index (Phi) is 8.72. The fraction of sp³-hybridized carbons (Fsp3) is 0.556. The number of benzene rings is 1. The molecule has 0 aliphatic heterocycles. The highest BCUT2D eigenvalue weighted by atomic mass is 35.5. The summed E-state index contributed by atoms with van der Waals surface area (Å²) in [5, 5.41) is 12.6. The maximum absolute atomic E-state index is 11.7. The number of carbonyl (C=O) groups excluding carboxylic acids is 2. The third kappa shape index (κ3) is 7.32. The third-order valence-corrected chi connectivity index (χ3v) is 4.43. The lowest BCUT2D eigenvalue weighted by atomic mass is 10.1. The molecule has 2 unspecified atom stereocenters. The first kappa shape index (κ1) is 21.3. The number of carbonyl (C=O) groups is 2. The molecule has 0 bridgehead atoms. The molecule has 0 heterocycles. The van der Waals surface area contributed by atoms with Gasteiger partial charge in [0.2, 0.25) is 11.8 Å². The molecular formula is C18H27ClN2O4. The summed E-state index contributed by atoms with van der Waals surface area (Å²) in [5.41, 5.74) is 7.09. The Morgan fingerprint density at radius 3 is 2.36 bits per heavy atom. The maximum atomic E-state index is 11.7. The minimum atomic E-state index is -1.05. The molecule has 0 saturated heterocycles. The van der Waals surface area contributed by atoms with Gasteiger partial charge in [-0.05, 0) is 63.3 Å². The van der Waals surface area contributed by atoms with Gasteiger partial charge in [0, 0.05) is 11.4 Å². The number of aliphatic hydroxyl groups excluding tert-OH is 1. The molecule has 0 fully saturated rings. The van der Waals surface area contributed by atoms with Crippen LogP contribution in [0.25, 0.3) is 0 Å². The lowest BCUT2D eigenvalue weighted by molar-refractivity contribution is -0.129. The number of aryl methyl sites for hydroxylation is 2. The number of ether oxygens (including phenoxy) is 1. The Labute approximate surface area is 153 Å². The van der Waals surface area contributed by atoms with Crippen LogP contribution in [0.2, 0.25) is 5.02 Å². The van der Waals surface area contributed by atoms with Gasteiger partial charge in [-0.3, -0.25) is 9.59 Å². The number of primary amides is 1. The molecule has 2 amide bonds. The number of nitrogens with one attached hydrogen (secondary N) is 1. The van der Waals surface area contributed by atoms with Gasteiger partial charge in [0.15, 0.2) is 0 Å². The molecule has 25 heavy (non-hydrogen) atoms. The number of aliphatic hydroxyl groups is 1. The molecule has 7 heteroatoms. The zero-order valence-corrected chi connectivity index (χ0v) is 15.7. The summed E-state index contributed by atoms with van der Waals surface area (Å²) in [6.45, 7) is 5.84. The van der Waals surface area contributed by atoms with Gasteiger partial charge in [-0.15, -0.1) is 0 Å². The number of rotatable bonds is 10. The Bertz CT molecular complexity index is 582. The van der Waals surface area contributed by atoms with Crippen LogP contribution in [0.5, 0.6) is 5.75 Å². The minimum Gasteiger partial charge on any atom is -0.494 e. The number of unbranched alkanes of at least 4 members (excludes halogenated alkanes) is 2. The molecular weight excluding hydrogens is 344 g/mol. The van der Waals surface area contributed by atoms with Crippen LogP contribution >= 0.6 is 11.6 Å². The fourth-order valence-electron chi connectivity index (χ4n) is 2.42. The summed E-state index contributed by atoms with van der Waals surface area (Å²) in [6, 6.07) is 2.76. The van der Waals surface area contributed by atoms with Gasteiger partial charge < -0.3 is 20.9 Å². The maximum Gasteiger partial charge on any atom is 0.242 e. The van der Waals surface area contributed by atoms with E-state index >= 15 is 0 Å². The van der Waals surface area contributed by atoms with Crippen molar-refractivity contribution in [2.75, 3.05) is 6.61 Å². The monoisotopic (exact) mass is 370 g/mol. The van der Waals surface area contributed by atoms with Crippen LogP contribution in [0.4, 0.5) is 0 Å². The van der Waals surface area contributed by atoms with Crippen molar-refractivity contribution in [3.63, 3.8) is 0 Å². The second-order valence-electron chi connectivity index (χ2n) is 6.22. The predicted octanol–water partition coefficient (Wildman–Crippen LogP) is 2.25. The third-order valence-electron chi connectivity index (χ3n) is 3.83. The first-order valence-electron chi connectivity index (χ1n) is 8.38. The average Bonchev–Trinajstić information content (AvgIpc) is 2.52. The zero-order valence-electron chi connectivity index (χ0n) is 15.0. The van der Waals surface area contributed by atoms with Crippen LogP contribution in [-0.2, 0) is 9.59 Å². The fourth-order valence-corrected chi connectivity index (χ4v) is 2.53. The first-order chi connectivity index (χ1) is 11.7. The standard InChI is InChI=1S/C18H27ClN2O4/c1-11-9-14(10-12(2)16(11)19)25-8-6-4-5-7-15(23)21-17(13(3)22)18(20)24/h9-10,13,17,22H,4-8H2,1-3H3,(H2,20,24)(H,21,23). The van der Waals surface area contributed by atoms with Gasteiger partial charge in [-0.1, -0.05) is 11.6 Å². The summed E-state index contributed by atoms with van der Waals surface area (Å²) in [7, 11) is 0. The van der Waals surface area contributed by atoms with Crippen LogP contribution < -0.4 is 15.8 Å². The normalized spacial score (nSPS) is 13.2. The van der Waals surface area contributed by atoms with E-state index in [2.05, 4.69) is 5.32 Å². The molecule has 140 valence electrons. The van der Waals surface area contributed by atoms with Crippen molar-refractivity contribution in [1.82, 2.24) is 5.32 Å². The smallest absolute Gasteiger partial charge is 0.242 e. The molecule has 2 atom stereocenters. The van der Waals surface area contributed by atoms with Crippen molar-refractivity contribution in [3.8, 4) is 5.75 Å². The quantitative estimate of drug-likeness (QED) is 0.550. The summed E-state index contributed by atoms with van der Waals surface area (Å²) in [4.78, 5) is 22.9. The topological polar surface area (TPSA) is 102 Å². The molecule has 1 rings (SSSR count). The second kappa shape index (κ2) is 10.3. The molecule has 6 nitrogen and oxygen atoms in total. The molecule has 1 aromatic carbocycles. The van der Waals surface area contributed by atoms with E-state index in [4.69, 9.17) is 22.1 Å². The summed E-state index contributed by atoms with van der Waals surface area (Å²) < 4.78 is 5.70. The molecule has 4 N–H and O–H groups in total. The van der Waals surface area contributed by atoms with Crippen molar-refractivity contribution < 1.29 is 19.4 Å². The SMILES string of the molecule is Cc1cc(OCCCCCC(=O)NC(C(N)=O)C(C)O)cc(C)c1Cl. The number of amides is 2. The first-order valence-corrected chi connectivity index (χ1v) is 8.76. The van der Waals surface area contributed by atoms with Crippen molar-refractivity contribution in [2.24, 2.45) is 5.73 Å². The Morgan fingerprint density at radius 1 is 1.24 bits per heavy atom. The molecule has 0 spiro atoms. The summed E-state index contributed by atoms with van der Waals surface area (Å²) in [5.74, 6) is -0.252. The largest absolute Gasteiger partial charge is 0.494 e. The molecule has 0 aliphatic carbocycles. The van der Waals surface area contributed by atoms with Crippen LogP contribution in [0.3, 0.4) is 0 Å². The van der Waals surface area contributed by atoms with E-state index in [0.29, 0.717) is 13.0 Å². The van der Waals surface area contributed by atoms with E-state index in [1.807, 2.05) is 26.0 Å². The number of halogens is 1. The van der Waals surface area contributed by atoms with Crippen molar-refractivity contribution in [1.29, 1.82) is 0 Å². The van der Waals surface area contributed by atoms with Gasteiger partial charge >= 0.3 is 0 Å². The van der Waals surface area contributed by atoms with E-state index in [-0.39, 0.29) is 12.3 Å². The Morgan fingerprint density at radius 2 is 1.84 bits per heavy atom. The average molecular weight is 371 g/mol. The number of hydrogen-bond donors (Lipinski definition) is 3. The predicted molar refractivity (Wildman–Crippen MR) is 97.7 cm³/mol. The second-order valence-corrected chi connectivity index (χ2v) is 6.60. The van der Waals surface area contributed by atoms with Crippen molar-refractivity contribution in [3.05, 3.63) is 28.3 Å². The van der Waals surface area contributed by atoms with Gasteiger partial charge in [0.05, 0.1) is 12.7 Å². The highest BCUT2D eigenvalue weighted by Gasteiger charge is 2.22. The zero-order chi connectivity index (χ0) is 19.0. The highest BCUT2D eigenvalue weighted by molar-refractivity contribution is 6.32.